The molecule has 1 aromatic heterocycles. The second kappa shape index (κ2) is 13.4. The minimum atomic E-state index is -2.78. The predicted molar refractivity (Wildman–Crippen MR) is 247 cm³/mol. The number of aromatic nitrogens is 1. The van der Waals surface area contributed by atoms with E-state index in [1.807, 2.05) is 6.07 Å². The first-order valence-corrected chi connectivity index (χ1v) is 22.3. The van der Waals surface area contributed by atoms with Crippen LogP contribution in [0.1, 0.15) is 0 Å². The molecule has 0 fully saturated rings. The molecular weight excluding hydrogens is 733 g/mol. The molecule has 0 atom stereocenters. The molecule has 10 aromatic rings. The smallest absolute Gasteiger partial charge is 0.434 e. The highest BCUT2D eigenvalue weighted by Crippen LogP contribution is 2.42. The third kappa shape index (κ3) is 5.15. The van der Waals surface area contributed by atoms with Crippen molar-refractivity contribution in [2.24, 2.45) is 0 Å². The second-order valence-electron chi connectivity index (χ2n) is 15.5. The van der Waals surface area contributed by atoms with Crippen LogP contribution in [0.15, 0.2) is 218 Å². The molecule has 276 valence electrons. The van der Waals surface area contributed by atoms with Crippen LogP contribution in [0.4, 0.5) is 0 Å². The van der Waals surface area contributed by atoms with Gasteiger partial charge in [-0.05, 0) is 86.0 Å². The molecule has 2 aliphatic rings. The van der Waals surface area contributed by atoms with E-state index in [1.165, 1.54) is 42.6 Å². The van der Waals surface area contributed by atoms with Gasteiger partial charge in [-0.15, -0.1) is 0 Å². The lowest BCUT2D eigenvalue weighted by molar-refractivity contribution is 0.479. The van der Waals surface area contributed by atoms with E-state index >= 15 is 0 Å². The van der Waals surface area contributed by atoms with E-state index in [4.69, 9.17) is 9.39 Å². The summed E-state index contributed by atoms with van der Waals surface area (Å²) in [5.74, 6) is 2.56. The van der Waals surface area contributed by atoms with E-state index in [0.717, 1.165) is 56.1 Å². The van der Waals surface area contributed by atoms with E-state index in [9.17, 15) is 0 Å². The van der Waals surface area contributed by atoms with Gasteiger partial charge in [-0.2, -0.15) is 0 Å². The van der Waals surface area contributed by atoms with Crippen molar-refractivity contribution in [1.82, 2.24) is 4.57 Å². The van der Waals surface area contributed by atoms with Crippen molar-refractivity contribution in [1.29, 1.82) is 0 Å². The van der Waals surface area contributed by atoms with Gasteiger partial charge in [-0.1, -0.05) is 170 Å². The number of fused-ring (bicyclic) bond motifs is 7. The van der Waals surface area contributed by atoms with Crippen LogP contribution in [0.2, 0.25) is 0 Å². The zero-order valence-electron chi connectivity index (χ0n) is 32.1. The molecule has 0 spiro atoms. The fraction of sp³-hybridized carbons (Fsp3) is 0. The highest BCUT2D eigenvalue weighted by atomic mass is 28.3. The van der Waals surface area contributed by atoms with Crippen molar-refractivity contribution < 1.29 is 9.39 Å². The number of benzene rings is 9. The summed E-state index contributed by atoms with van der Waals surface area (Å²) in [6, 6.07) is 79.3. The molecule has 0 bridgehead atoms. The van der Waals surface area contributed by atoms with Gasteiger partial charge in [0.15, 0.2) is 8.07 Å². The highest BCUT2D eigenvalue weighted by molar-refractivity contribution is 7.20. The van der Waals surface area contributed by atoms with Gasteiger partial charge in [0.1, 0.15) is 17.2 Å². The normalized spacial score (nSPS) is 12.6. The largest absolute Gasteiger partial charge is 0.551 e. The monoisotopic (exact) mass is 769 g/mol. The summed E-state index contributed by atoms with van der Waals surface area (Å²) in [4.78, 5) is 0. The predicted octanol–water partition coefficient (Wildman–Crippen LogP) is 9.10. The Kier molecular flexibility index (Phi) is 7.65. The van der Waals surface area contributed by atoms with E-state index in [2.05, 4.69) is 217 Å². The molecule has 0 saturated heterocycles. The first kappa shape index (κ1) is 33.8. The zero-order valence-corrected chi connectivity index (χ0v) is 33.1. The lowest BCUT2D eigenvalue weighted by Gasteiger charge is -2.37. The maximum absolute atomic E-state index is 7.22. The molecule has 12 rings (SSSR count). The maximum atomic E-state index is 7.22. The topological polar surface area (TPSA) is 23.4 Å². The van der Waals surface area contributed by atoms with Gasteiger partial charge >= 0.3 is 6.92 Å². The summed E-state index contributed by atoms with van der Waals surface area (Å²) in [5.41, 5.74) is 10.1. The third-order valence-corrected chi connectivity index (χ3v) is 17.2. The van der Waals surface area contributed by atoms with Crippen molar-refractivity contribution in [3.63, 3.8) is 0 Å². The molecule has 0 amide bonds. The summed E-state index contributed by atoms with van der Waals surface area (Å²) in [5, 5.41) is 7.79. The molecule has 2 aliphatic heterocycles. The van der Waals surface area contributed by atoms with Crippen LogP contribution >= 0.6 is 0 Å². The van der Waals surface area contributed by atoms with Gasteiger partial charge in [-0.25, -0.2) is 0 Å². The minimum absolute atomic E-state index is 0.305. The van der Waals surface area contributed by atoms with Gasteiger partial charge < -0.3 is 14.0 Å². The highest BCUT2D eigenvalue weighted by Gasteiger charge is 2.44. The Bertz CT molecular complexity index is 3070. The van der Waals surface area contributed by atoms with Crippen LogP contribution in [0, 0.1) is 0 Å². The Morgan fingerprint density at radius 1 is 0.390 bits per heavy atom. The Morgan fingerprint density at radius 2 is 0.949 bits per heavy atom. The van der Waals surface area contributed by atoms with Crippen LogP contribution < -0.4 is 41.1 Å². The van der Waals surface area contributed by atoms with E-state index < -0.39 is 8.07 Å². The van der Waals surface area contributed by atoms with Crippen molar-refractivity contribution >= 4 is 68.5 Å². The standard InChI is InChI=1S/C54H36BNO2Si/c1-4-16-40(17-5-1)59(41-18-6-2-7-19-41,42-20-8-3-9-21-42)43-32-33-46-47-34-38(35-53-54(47)55(58-52(46)36-43)48-24-12-15-27-51(48)57-53)37-28-30-39(31-29-37)56-49-25-13-10-22-44(49)45-23-11-14-26-50(45)56/h1-36H. The molecule has 0 unspecified atom stereocenters. The number of ether oxygens (including phenoxy) is 1. The fourth-order valence-corrected chi connectivity index (χ4v) is 14.6. The number of nitrogens with zero attached hydrogens (tertiary/aromatic N) is 1. The van der Waals surface area contributed by atoms with Gasteiger partial charge in [0.2, 0.25) is 0 Å². The molecule has 0 aliphatic carbocycles. The lowest BCUT2D eigenvalue weighted by atomic mass is 9.50. The minimum Gasteiger partial charge on any atom is -0.551 e. The van der Waals surface area contributed by atoms with Crippen LogP contribution in [-0.2, 0) is 0 Å². The summed E-state index contributed by atoms with van der Waals surface area (Å²) < 4.78 is 16.3. The van der Waals surface area contributed by atoms with Gasteiger partial charge in [0.25, 0.3) is 0 Å². The number of para-hydroxylation sites is 3. The summed E-state index contributed by atoms with van der Waals surface area (Å²) >= 11 is 0. The van der Waals surface area contributed by atoms with Crippen molar-refractivity contribution in [3.8, 4) is 45.2 Å². The van der Waals surface area contributed by atoms with Crippen LogP contribution in [0.5, 0.6) is 17.2 Å². The first-order chi connectivity index (χ1) is 29.3. The fourth-order valence-electron chi connectivity index (χ4n) is 9.83. The van der Waals surface area contributed by atoms with Crippen LogP contribution in [0.3, 0.4) is 0 Å². The van der Waals surface area contributed by atoms with Crippen molar-refractivity contribution in [2.75, 3.05) is 0 Å². The molecule has 59 heavy (non-hydrogen) atoms. The molecule has 0 radical (unpaired) electrons. The van der Waals surface area contributed by atoms with E-state index in [1.54, 1.807) is 0 Å². The molecule has 9 aromatic carbocycles. The SMILES string of the molecule is c1ccc([Si](c2ccccc2)(c2ccccc2)c2ccc3c(c2)OB2c4ccccc4Oc4cc(-c5ccc(-n6c7ccccc7c7ccccc76)cc5)cc-3c42)cc1. The second-order valence-corrected chi connectivity index (χ2v) is 19.4. The average molecular weight is 770 g/mol. The van der Waals surface area contributed by atoms with Crippen molar-refractivity contribution in [2.45, 2.75) is 0 Å². The Morgan fingerprint density at radius 3 is 1.58 bits per heavy atom. The van der Waals surface area contributed by atoms with Crippen LogP contribution in [-0.4, -0.2) is 19.6 Å². The Hall–Kier alpha value is -7.34. The van der Waals surface area contributed by atoms with Gasteiger partial charge in [0.05, 0.1) is 11.0 Å². The molecular formula is C54H36BNO2Si. The van der Waals surface area contributed by atoms with Gasteiger partial charge in [-0.3, -0.25) is 0 Å². The average Bonchev–Trinajstić information content (AvgIpc) is 3.65. The summed E-state index contributed by atoms with van der Waals surface area (Å²) in [6.45, 7) is -0.305. The number of hydrogen-bond acceptors (Lipinski definition) is 2. The Labute approximate surface area is 344 Å². The van der Waals surface area contributed by atoms with E-state index in [0.29, 0.717) is 0 Å². The third-order valence-electron chi connectivity index (χ3n) is 12.4. The molecule has 5 heteroatoms. The van der Waals surface area contributed by atoms with Gasteiger partial charge in [0, 0.05) is 32.9 Å². The zero-order chi connectivity index (χ0) is 38.9. The van der Waals surface area contributed by atoms with Crippen molar-refractivity contribution in [3.05, 3.63) is 218 Å². The number of hydrogen-bond donors (Lipinski definition) is 0. The Balaban J connectivity index is 1.04. The maximum Gasteiger partial charge on any atom is 0.434 e. The summed E-state index contributed by atoms with van der Waals surface area (Å²) in [7, 11) is -2.78. The molecule has 3 heterocycles. The van der Waals surface area contributed by atoms with E-state index in [-0.39, 0.29) is 6.92 Å². The summed E-state index contributed by atoms with van der Waals surface area (Å²) in [6.07, 6.45) is 0. The molecule has 0 saturated carbocycles. The van der Waals surface area contributed by atoms with Crippen LogP contribution in [0.25, 0.3) is 49.7 Å². The first-order valence-electron chi connectivity index (χ1n) is 20.3. The quantitative estimate of drug-likeness (QED) is 0.125. The number of rotatable bonds is 6. The molecule has 3 nitrogen and oxygen atoms in total. The lowest BCUT2D eigenvalue weighted by Crippen LogP contribution is -2.74. The molecule has 0 N–H and O–H groups in total.